The van der Waals surface area contributed by atoms with E-state index >= 15 is 0 Å². The quantitative estimate of drug-likeness (QED) is 0.502. The molecule has 1 rings (SSSR count). The Morgan fingerprint density at radius 3 is 2.40 bits per heavy atom. The standard InChI is InChI=1S/C11H15ClN4O4/c1-11(2,3)5-7(20-10(13)17)6(16(18)19)9(14-4)15-8(5)12/h1-4H3,(H2,13,17)(H,14,15). The molecule has 1 heterocycles. The number of primary amides is 1. The molecule has 20 heavy (non-hydrogen) atoms. The van der Waals surface area contributed by atoms with Crippen LogP contribution in [0.5, 0.6) is 5.75 Å². The lowest BCUT2D eigenvalue weighted by molar-refractivity contribution is -0.385. The molecule has 8 nitrogen and oxygen atoms in total. The first-order valence-electron chi connectivity index (χ1n) is 5.63. The van der Waals surface area contributed by atoms with Crippen molar-refractivity contribution in [2.24, 2.45) is 5.73 Å². The molecular weight excluding hydrogens is 288 g/mol. The second-order valence-corrected chi connectivity index (χ2v) is 5.34. The number of nitrogens with one attached hydrogen (secondary N) is 1. The summed E-state index contributed by atoms with van der Waals surface area (Å²) >= 11 is 6.05. The Morgan fingerprint density at radius 1 is 1.50 bits per heavy atom. The van der Waals surface area contributed by atoms with E-state index in [9.17, 15) is 14.9 Å². The molecule has 0 aliphatic heterocycles. The monoisotopic (exact) mass is 302 g/mol. The maximum Gasteiger partial charge on any atom is 0.410 e. The molecule has 0 unspecified atom stereocenters. The normalized spacial score (nSPS) is 11.1. The molecule has 3 N–H and O–H groups in total. The van der Waals surface area contributed by atoms with Crippen molar-refractivity contribution < 1.29 is 14.5 Å². The molecule has 0 bridgehead atoms. The second-order valence-electron chi connectivity index (χ2n) is 4.98. The minimum atomic E-state index is -1.16. The summed E-state index contributed by atoms with van der Waals surface area (Å²) in [5.41, 5.74) is 4.10. The number of hydrogen-bond donors (Lipinski definition) is 2. The third-order valence-electron chi connectivity index (χ3n) is 2.45. The van der Waals surface area contributed by atoms with E-state index in [0.717, 1.165) is 0 Å². The highest BCUT2D eigenvalue weighted by molar-refractivity contribution is 6.30. The van der Waals surface area contributed by atoms with Crippen LogP contribution in [0.15, 0.2) is 0 Å². The molecule has 0 atom stereocenters. The first kappa shape index (κ1) is 16.0. The molecule has 0 aliphatic carbocycles. The fraction of sp³-hybridized carbons (Fsp3) is 0.455. The first-order valence-corrected chi connectivity index (χ1v) is 6.00. The van der Waals surface area contributed by atoms with Gasteiger partial charge in [0.25, 0.3) is 0 Å². The number of nitro groups is 1. The van der Waals surface area contributed by atoms with Gasteiger partial charge in [-0.2, -0.15) is 0 Å². The number of rotatable bonds is 3. The van der Waals surface area contributed by atoms with Crippen LogP contribution in [0.2, 0.25) is 5.15 Å². The van der Waals surface area contributed by atoms with Crippen molar-refractivity contribution in [2.75, 3.05) is 12.4 Å². The van der Waals surface area contributed by atoms with Crippen molar-refractivity contribution in [2.45, 2.75) is 26.2 Å². The number of halogens is 1. The lowest BCUT2D eigenvalue weighted by Crippen LogP contribution is -2.22. The van der Waals surface area contributed by atoms with E-state index in [4.69, 9.17) is 22.1 Å². The second kappa shape index (κ2) is 5.49. The van der Waals surface area contributed by atoms with Gasteiger partial charge in [0.2, 0.25) is 11.6 Å². The largest absolute Gasteiger partial charge is 0.410 e. The van der Waals surface area contributed by atoms with E-state index in [1.165, 1.54) is 7.05 Å². The van der Waals surface area contributed by atoms with Gasteiger partial charge < -0.3 is 15.8 Å². The molecular formula is C11H15ClN4O4. The molecule has 0 saturated carbocycles. The van der Waals surface area contributed by atoms with E-state index in [1.807, 2.05) is 0 Å². The lowest BCUT2D eigenvalue weighted by Gasteiger charge is -2.23. The van der Waals surface area contributed by atoms with Crippen LogP contribution in [-0.2, 0) is 5.41 Å². The average Bonchev–Trinajstić information content (AvgIpc) is 2.24. The number of carbonyl (C=O) groups excluding carboxylic acids is 1. The Balaban J connectivity index is 3.80. The number of hydrogen-bond acceptors (Lipinski definition) is 6. The Bertz CT molecular complexity index is 569. The van der Waals surface area contributed by atoms with Crippen molar-refractivity contribution in [3.8, 4) is 5.75 Å². The molecule has 1 aromatic rings. The molecule has 0 saturated heterocycles. The van der Waals surface area contributed by atoms with Crippen molar-refractivity contribution in [1.29, 1.82) is 0 Å². The Morgan fingerprint density at radius 2 is 2.05 bits per heavy atom. The van der Waals surface area contributed by atoms with Crippen LogP contribution in [0.3, 0.4) is 0 Å². The van der Waals surface area contributed by atoms with Crippen molar-refractivity contribution >= 4 is 29.2 Å². The molecule has 1 aromatic heterocycles. The van der Waals surface area contributed by atoms with Crippen molar-refractivity contribution in [3.63, 3.8) is 0 Å². The van der Waals surface area contributed by atoms with Gasteiger partial charge in [-0.05, 0) is 5.41 Å². The Labute approximate surface area is 120 Å². The van der Waals surface area contributed by atoms with Gasteiger partial charge >= 0.3 is 11.8 Å². The zero-order valence-corrected chi connectivity index (χ0v) is 12.2. The molecule has 0 aliphatic rings. The van der Waals surface area contributed by atoms with Crippen LogP contribution >= 0.6 is 11.6 Å². The van der Waals surface area contributed by atoms with Crippen molar-refractivity contribution in [1.82, 2.24) is 4.98 Å². The third kappa shape index (κ3) is 3.08. The van der Waals surface area contributed by atoms with E-state index in [1.54, 1.807) is 20.8 Å². The van der Waals surface area contributed by atoms with E-state index < -0.39 is 22.1 Å². The summed E-state index contributed by atoms with van der Waals surface area (Å²) in [4.78, 5) is 25.5. The number of nitrogens with zero attached hydrogens (tertiary/aromatic N) is 2. The molecule has 9 heteroatoms. The predicted octanol–water partition coefficient (Wildman–Crippen LogP) is 2.44. The van der Waals surface area contributed by atoms with Gasteiger partial charge in [0.15, 0.2) is 0 Å². The highest BCUT2D eigenvalue weighted by atomic mass is 35.5. The van der Waals surface area contributed by atoms with Crippen LogP contribution in [0.1, 0.15) is 26.3 Å². The number of nitrogens with two attached hydrogens (primary N) is 1. The fourth-order valence-electron chi connectivity index (χ4n) is 1.72. The SMILES string of the molecule is CNc1nc(Cl)c(C(C)(C)C)c(OC(N)=O)c1[N+](=O)[O-]. The summed E-state index contributed by atoms with van der Waals surface area (Å²) in [6.45, 7) is 5.27. The van der Waals surface area contributed by atoms with Crippen LogP contribution in [0.25, 0.3) is 0 Å². The average molecular weight is 303 g/mol. The van der Waals surface area contributed by atoms with Crippen LogP contribution < -0.4 is 15.8 Å². The van der Waals surface area contributed by atoms with Gasteiger partial charge in [0.1, 0.15) is 5.15 Å². The van der Waals surface area contributed by atoms with Gasteiger partial charge in [0.05, 0.1) is 4.92 Å². The van der Waals surface area contributed by atoms with E-state index in [2.05, 4.69) is 10.3 Å². The van der Waals surface area contributed by atoms with Gasteiger partial charge in [-0.15, -0.1) is 0 Å². The van der Waals surface area contributed by atoms with Gasteiger partial charge in [0, 0.05) is 12.6 Å². The summed E-state index contributed by atoms with van der Waals surface area (Å²) < 4.78 is 4.82. The zero-order chi connectivity index (χ0) is 15.7. The molecule has 0 radical (unpaired) electrons. The maximum absolute atomic E-state index is 11.2. The highest BCUT2D eigenvalue weighted by Gasteiger charge is 2.35. The third-order valence-corrected chi connectivity index (χ3v) is 2.73. The molecule has 0 spiro atoms. The number of carbonyl (C=O) groups is 1. The van der Waals surface area contributed by atoms with Crippen molar-refractivity contribution in [3.05, 3.63) is 20.8 Å². The van der Waals surface area contributed by atoms with Gasteiger partial charge in [-0.1, -0.05) is 32.4 Å². The molecule has 110 valence electrons. The Kier molecular flexibility index (Phi) is 4.39. The summed E-state index contributed by atoms with van der Waals surface area (Å²) in [6, 6.07) is 0. The predicted molar refractivity (Wildman–Crippen MR) is 74.4 cm³/mol. The number of pyridine rings is 1. The van der Waals surface area contributed by atoms with Gasteiger partial charge in [-0.3, -0.25) is 10.1 Å². The summed E-state index contributed by atoms with van der Waals surface area (Å²) in [7, 11) is 1.44. The smallest absolute Gasteiger partial charge is 0.403 e. The minimum absolute atomic E-state index is 0.00343. The number of amides is 1. The fourth-order valence-corrected chi connectivity index (χ4v) is 2.17. The summed E-state index contributed by atoms with van der Waals surface area (Å²) in [6.07, 6.45) is -1.16. The van der Waals surface area contributed by atoms with Crippen LogP contribution in [-0.4, -0.2) is 23.0 Å². The van der Waals surface area contributed by atoms with E-state index in [0.29, 0.717) is 0 Å². The number of ether oxygens (including phenoxy) is 1. The van der Waals surface area contributed by atoms with Gasteiger partial charge in [-0.25, -0.2) is 9.78 Å². The molecule has 1 amide bonds. The summed E-state index contributed by atoms with van der Waals surface area (Å²) in [5.74, 6) is -0.399. The number of aromatic nitrogens is 1. The lowest BCUT2D eigenvalue weighted by atomic mass is 9.87. The van der Waals surface area contributed by atoms with Crippen LogP contribution in [0.4, 0.5) is 16.3 Å². The Hall–Kier alpha value is -2.09. The highest BCUT2D eigenvalue weighted by Crippen LogP contribution is 2.45. The summed E-state index contributed by atoms with van der Waals surface area (Å²) in [5, 5.41) is 13.8. The topological polar surface area (TPSA) is 120 Å². The maximum atomic E-state index is 11.2. The minimum Gasteiger partial charge on any atom is -0.403 e. The number of anilines is 1. The molecule has 0 aromatic carbocycles. The van der Waals surface area contributed by atoms with E-state index in [-0.39, 0.29) is 22.3 Å². The van der Waals surface area contributed by atoms with Crippen LogP contribution in [0, 0.1) is 10.1 Å². The zero-order valence-electron chi connectivity index (χ0n) is 11.5. The molecule has 0 fully saturated rings. The first-order chi connectivity index (χ1) is 9.09.